The van der Waals surface area contributed by atoms with Crippen LogP contribution < -0.4 is 5.46 Å². The molecule has 0 fully saturated rings. The Balaban J connectivity index is 2.74. The van der Waals surface area contributed by atoms with Crippen molar-refractivity contribution in [2.75, 3.05) is 0 Å². The van der Waals surface area contributed by atoms with Gasteiger partial charge in [0, 0.05) is 6.21 Å². The van der Waals surface area contributed by atoms with Gasteiger partial charge < -0.3 is 0 Å². The van der Waals surface area contributed by atoms with E-state index in [1.165, 1.54) is 0 Å². The van der Waals surface area contributed by atoms with Gasteiger partial charge in [-0.25, -0.2) is 4.21 Å². The van der Waals surface area contributed by atoms with Gasteiger partial charge in [-0.05, 0) is 26.3 Å². The van der Waals surface area contributed by atoms with Gasteiger partial charge in [0.05, 0.1) is 4.75 Å². The van der Waals surface area contributed by atoms with Gasteiger partial charge in [0.2, 0.25) is 0 Å². The normalized spacial score (nSPS) is 14.3. The average Bonchev–Trinajstić information content (AvgIpc) is 2.15. The van der Waals surface area contributed by atoms with Gasteiger partial charge in [0.15, 0.2) is 0 Å². The van der Waals surface area contributed by atoms with E-state index in [0.717, 1.165) is 5.56 Å². The first-order valence-electron chi connectivity index (χ1n) is 4.71. The van der Waals surface area contributed by atoms with Crippen LogP contribution in [0.2, 0.25) is 0 Å². The Morgan fingerprint density at radius 3 is 2.27 bits per heavy atom. The van der Waals surface area contributed by atoms with Gasteiger partial charge >= 0.3 is 0 Å². The smallest absolute Gasteiger partial charge is 0.144 e. The predicted molar refractivity (Wildman–Crippen MR) is 67.3 cm³/mol. The number of hydrogen-bond donors (Lipinski definition) is 0. The molecule has 0 saturated heterocycles. The molecule has 1 atom stereocenters. The molecule has 0 N–H and O–H groups in total. The zero-order valence-corrected chi connectivity index (χ0v) is 10.0. The average molecular weight is 219 g/mol. The molecule has 0 spiro atoms. The second-order valence-corrected chi connectivity index (χ2v) is 6.20. The molecule has 0 aliphatic rings. The van der Waals surface area contributed by atoms with Crippen molar-refractivity contribution in [3.05, 3.63) is 29.8 Å². The highest BCUT2D eigenvalue weighted by molar-refractivity contribution is 7.85. The van der Waals surface area contributed by atoms with Crippen LogP contribution in [0.25, 0.3) is 0 Å². The van der Waals surface area contributed by atoms with Crippen molar-refractivity contribution < 1.29 is 4.21 Å². The van der Waals surface area contributed by atoms with Crippen molar-refractivity contribution in [1.82, 2.24) is 0 Å². The molecule has 2 radical (unpaired) electrons. The number of hydrogen-bond acceptors (Lipinski definition) is 1. The van der Waals surface area contributed by atoms with Crippen molar-refractivity contribution >= 4 is 30.5 Å². The minimum absolute atomic E-state index is 0.315. The Morgan fingerprint density at radius 1 is 1.27 bits per heavy atom. The van der Waals surface area contributed by atoms with Gasteiger partial charge in [-0.1, -0.05) is 29.7 Å². The van der Waals surface area contributed by atoms with E-state index in [4.69, 9.17) is 7.85 Å². The van der Waals surface area contributed by atoms with E-state index in [-0.39, 0.29) is 4.75 Å². The molecule has 2 nitrogen and oxygen atoms in total. The van der Waals surface area contributed by atoms with Gasteiger partial charge in [0.1, 0.15) is 18.8 Å². The number of rotatable bonds is 2. The lowest BCUT2D eigenvalue weighted by atomic mass is 9.96. The summed E-state index contributed by atoms with van der Waals surface area (Å²) >= 11 is 0. The topological polar surface area (TPSA) is 29.4 Å². The monoisotopic (exact) mass is 219 g/mol. The summed E-state index contributed by atoms with van der Waals surface area (Å²) in [5, 5.41) is 0. The van der Waals surface area contributed by atoms with Crippen molar-refractivity contribution in [2.45, 2.75) is 25.5 Å². The number of benzene rings is 1. The molecule has 1 aromatic rings. The first-order chi connectivity index (χ1) is 6.89. The SMILES string of the molecule is [B]c1ccc(/C=N/S(=O)C(C)(C)C)cc1. The van der Waals surface area contributed by atoms with Crippen LogP contribution in [-0.2, 0) is 11.0 Å². The minimum atomic E-state index is -1.20. The van der Waals surface area contributed by atoms with Crippen molar-refractivity contribution in [1.29, 1.82) is 0 Å². The molecule has 78 valence electrons. The van der Waals surface area contributed by atoms with E-state index in [0.29, 0.717) is 5.46 Å². The van der Waals surface area contributed by atoms with Crippen molar-refractivity contribution in [2.24, 2.45) is 4.40 Å². The highest BCUT2D eigenvalue weighted by Gasteiger charge is 2.17. The first kappa shape index (κ1) is 12.2. The molecule has 1 aromatic carbocycles. The molecular weight excluding hydrogens is 205 g/mol. The lowest BCUT2D eigenvalue weighted by Crippen LogP contribution is -2.19. The fourth-order valence-electron chi connectivity index (χ4n) is 0.849. The maximum Gasteiger partial charge on any atom is 0.144 e. The molecule has 1 rings (SSSR count). The lowest BCUT2D eigenvalue weighted by Gasteiger charge is -2.12. The predicted octanol–water partition coefficient (Wildman–Crippen LogP) is 1.36. The first-order valence-corrected chi connectivity index (χ1v) is 5.82. The van der Waals surface area contributed by atoms with E-state index < -0.39 is 11.0 Å². The summed E-state index contributed by atoms with van der Waals surface area (Å²) in [7, 11) is 4.34. The van der Waals surface area contributed by atoms with Gasteiger partial charge in [0.25, 0.3) is 0 Å². The summed E-state index contributed by atoms with van der Waals surface area (Å²) < 4.78 is 15.3. The maximum absolute atomic E-state index is 11.6. The molecule has 0 bridgehead atoms. The van der Waals surface area contributed by atoms with Gasteiger partial charge in [-0.2, -0.15) is 4.40 Å². The minimum Gasteiger partial charge on any atom is -0.234 e. The van der Waals surface area contributed by atoms with E-state index in [2.05, 4.69) is 4.40 Å². The van der Waals surface area contributed by atoms with Crippen LogP contribution in [0.1, 0.15) is 26.3 Å². The second-order valence-electron chi connectivity index (χ2n) is 4.26. The zero-order chi connectivity index (χ0) is 11.5. The van der Waals surface area contributed by atoms with Crippen LogP contribution >= 0.6 is 0 Å². The molecule has 1 unspecified atom stereocenters. The molecule has 15 heavy (non-hydrogen) atoms. The zero-order valence-electron chi connectivity index (χ0n) is 9.23. The number of nitrogens with zero attached hydrogens (tertiary/aromatic N) is 1. The highest BCUT2D eigenvalue weighted by atomic mass is 32.2. The molecule has 4 heteroatoms. The summed E-state index contributed by atoms with van der Waals surface area (Å²) in [4.78, 5) is 0. The fourth-order valence-corrected chi connectivity index (χ4v) is 1.38. The van der Waals surface area contributed by atoms with Crippen LogP contribution in [-0.4, -0.2) is 23.0 Å². The van der Waals surface area contributed by atoms with Crippen LogP contribution in [0.5, 0.6) is 0 Å². The van der Waals surface area contributed by atoms with E-state index in [1.54, 1.807) is 18.3 Å². The summed E-state index contributed by atoms with van der Waals surface area (Å²) in [6.07, 6.45) is 1.61. The lowest BCUT2D eigenvalue weighted by molar-refractivity contribution is 0.651. The summed E-state index contributed by atoms with van der Waals surface area (Å²) in [6, 6.07) is 7.28. The maximum atomic E-state index is 11.6. The van der Waals surface area contributed by atoms with Crippen LogP contribution in [0.3, 0.4) is 0 Å². The fraction of sp³-hybridized carbons (Fsp3) is 0.364. The Morgan fingerprint density at radius 2 is 1.80 bits per heavy atom. The largest absolute Gasteiger partial charge is 0.234 e. The van der Waals surface area contributed by atoms with E-state index in [9.17, 15) is 4.21 Å². The van der Waals surface area contributed by atoms with Crippen LogP contribution in [0.15, 0.2) is 28.7 Å². The third-order valence-electron chi connectivity index (χ3n) is 1.76. The summed E-state index contributed by atoms with van der Waals surface area (Å²) in [5.74, 6) is 0. The van der Waals surface area contributed by atoms with Gasteiger partial charge in [-0.15, -0.1) is 0 Å². The van der Waals surface area contributed by atoms with E-state index in [1.807, 2.05) is 32.9 Å². The van der Waals surface area contributed by atoms with Crippen LogP contribution in [0, 0.1) is 0 Å². The molecule has 0 amide bonds. The third kappa shape index (κ3) is 4.00. The Kier molecular flexibility index (Phi) is 3.86. The van der Waals surface area contributed by atoms with Crippen molar-refractivity contribution in [3.63, 3.8) is 0 Å². The molecule has 0 heterocycles. The Labute approximate surface area is 94.8 Å². The summed E-state index contributed by atoms with van der Waals surface area (Å²) in [5.41, 5.74) is 1.62. The molecule has 0 aromatic heterocycles. The van der Waals surface area contributed by atoms with Crippen LogP contribution in [0.4, 0.5) is 0 Å². The standard InChI is InChI=1S/C11H14BNOS/c1-11(2,3)15(14)13-8-9-4-6-10(12)7-5-9/h4-8H,1-3H3/b13-8+. The summed E-state index contributed by atoms with van der Waals surface area (Å²) in [6.45, 7) is 5.68. The molecular formula is C11H14BNOS. The quantitative estimate of drug-likeness (QED) is 0.545. The third-order valence-corrected chi connectivity index (χ3v) is 3.10. The molecule has 0 aliphatic heterocycles. The Bertz CT molecular complexity index is 379. The second kappa shape index (κ2) is 4.75. The van der Waals surface area contributed by atoms with E-state index >= 15 is 0 Å². The van der Waals surface area contributed by atoms with Gasteiger partial charge in [-0.3, -0.25) is 0 Å². The molecule has 0 aliphatic carbocycles. The van der Waals surface area contributed by atoms with Crippen molar-refractivity contribution in [3.8, 4) is 0 Å². The Hall–Kier alpha value is -0.895. The highest BCUT2D eigenvalue weighted by Crippen LogP contribution is 2.11. The molecule has 0 saturated carbocycles.